The molecule has 1 aromatic carbocycles. The van der Waals surface area contributed by atoms with Crippen LogP contribution in [0, 0.1) is 0 Å². The minimum absolute atomic E-state index is 0.243. The second-order valence-electron chi connectivity index (χ2n) is 4.44. The number of rotatable bonds is 5. The molecule has 108 valence electrons. The van der Waals surface area contributed by atoms with Crippen molar-refractivity contribution >= 4 is 23.4 Å². The predicted octanol–water partition coefficient (Wildman–Crippen LogP) is 3.28. The fourth-order valence-corrected chi connectivity index (χ4v) is 2.63. The van der Waals surface area contributed by atoms with E-state index in [1.165, 1.54) is 11.0 Å². The summed E-state index contributed by atoms with van der Waals surface area (Å²) in [5.74, 6) is 1.08. The molecule has 1 aromatic heterocycles. The van der Waals surface area contributed by atoms with Crippen molar-refractivity contribution in [2.75, 3.05) is 13.4 Å². The molecule has 21 heavy (non-hydrogen) atoms. The number of carbonyl (C=O) groups is 1. The summed E-state index contributed by atoms with van der Waals surface area (Å²) in [7, 11) is 0. The maximum Gasteiger partial charge on any atom is 0.330 e. The van der Waals surface area contributed by atoms with Crippen LogP contribution in [0.15, 0.2) is 41.8 Å². The van der Waals surface area contributed by atoms with Gasteiger partial charge in [-0.3, -0.25) is 0 Å². The van der Waals surface area contributed by atoms with E-state index in [1.54, 1.807) is 17.4 Å². The molecular formula is C16H14O4S. The second-order valence-corrected chi connectivity index (χ2v) is 5.48. The highest BCUT2D eigenvalue weighted by Crippen LogP contribution is 2.32. The van der Waals surface area contributed by atoms with Gasteiger partial charge in [0.15, 0.2) is 11.5 Å². The van der Waals surface area contributed by atoms with Crippen LogP contribution in [0.1, 0.15) is 10.4 Å². The first kappa shape index (κ1) is 13.7. The summed E-state index contributed by atoms with van der Waals surface area (Å²) in [5.41, 5.74) is 0.870. The van der Waals surface area contributed by atoms with Gasteiger partial charge in [-0.1, -0.05) is 12.1 Å². The van der Waals surface area contributed by atoms with Crippen LogP contribution in [-0.4, -0.2) is 19.4 Å². The van der Waals surface area contributed by atoms with E-state index >= 15 is 0 Å². The lowest BCUT2D eigenvalue weighted by Gasteiger charge is -2.00. The third-order valence-corrected chi connectivity index (χ3v) is 3.92. The van der Waals surface area contributed by atoms with Gasteiger partial charge in [-0.25, -0.2) is 4.79 Å². The second kappa shape index (κ2) is 6.45. The number of ether oxygens (including phenoxy) is 3. The Bertz CT molecular complexity index is 646. The van der Waals surface area contributed by atoms with Crippen molar-refractivity contribution in [3.8, 4) is 11.5 Å². The minimum Gasteiger partial charge on any atom is -0.462 e. The van der Waals surface area contributed by atoms with Crippen molar-refractivity contribution in [2.24, 2.45) is 0 Å². The van der Waals surface area contributed by atoms with Crippen LogP contribution >= 0.6 is 11.3 Å². The van der Waals surface area contributed by atoms with E-state index in [0.717, 1.165) is 17.7 Å². The average molecular weight is 302 g/mol. The van der Waals surface area contributed by atoms with Crippen LogP contribution in [-0.2, 0) is 16.0 Å². The van der Waals surface area contributed by atoms with E-state index in [1.807, 2.05) is 35.7 Å². The third kappa shape index (κ3) is 3.64. The molecule has 0 spiro atoms. The van der Waals surface area contributed by atoms with E-state index in [4.69, 9.17) is 14.2 Å². The quantitative estimate of drug-likeness (QED) is 0.628. The van der Waals surface area contributed by atoms with Crippen molar-refractivity contribution in [1.29, 1.82) is 0 Å². The van der Waals surface area contributed by atoms with Crippen molar-refractivity contribution in [3.63, 3.8) is 0 Å². The highest BCUT2D eigenvalue weighted by Gasteiger charge is 2.12. The molecule has 0 N–H and O–H groups in total. The van der Waals surface area contributed by atoms with E-state index in [2.05, 4.69) is 0 Å². The van der Waals surface area contributed by atoms with Crippen LogP contribution in [0.2, 0.25) is 0 Å². The molecule has 0 saturated heterocycles. The Morgan fingerprint density at radius 2 is 2.19 bits per heavy atom. The van der Waals surface area contributed by atoms with Gasteiger partial charge >= 0.3 is 5.97 Å². The standard InChI is InChI=1S/C16H14O4S/c17-16(18-8-7-13-2-1-9-21-13)6-4-12-3-5-14-15(10-12)20-11-19-14/h1-6,9-10H,7-8,11H2. The molecule has 4 nitrogen and oxygen atoms in total. The molecule has 5 heteroatoms. The van der Waals surface area contributed by atoms with Gasteiger partial charge in [-0.15, -0.1) is 11.3 Å². The van der Waals surface area contributed by atoms with Crippen molar-refractivity contribution < 1.29 is 19.0 Å². The lowest BCUT2D eigenvalue weighted by Crippen LogP contribution is -2.03. The molecule has 1 aliphatic heterocycles. The lowest BCUT2D eigenvalue weighted by molar-refractivity contribution is -0.137. The van der Waals surface area contributed by atoms with Crippen LogP contribution in [0.3, 0.4) is 0 Å². The number of thiophene rings is 1. The smallest absolute Gasteiger partial charge is 0.330 e. The van der Waals surface area contributed by atoms with Crippen LogP contribution in [0.4, 0.5) is 0 Å². The van der Waals surface area contributed by atoms with Gasteiger partial charge in [-0.05, 0) is 35.2 Å². The number of fused-ring (bicyclic) bond motifs is 1. The van der Waals surface area contributed by atoms with Crippen molar-refractivity contribution in [2.45, 2.75) is 6.42 Å². The number of carbonyl (C=O) groups excluding carboxylic acids is 1. The summed E-state index contributed by atoms with van der Waals surface area (Å²) in [5, 5.41) is 2.01. The third-order valence-electron chi connectivity index (χ3n) is 2.98. The maximum absolute atomic E-state index is 11.6. The Hall–Kier alpha value is -2.27. The molecule has 0 bridgehead atoms. The molecule has 3 rings (SSSR count). The summed E-state index contributed by atoms with van der Waals surface area (Å²) in [6.45, 7) is 0.637. The SMILES string of the molecule is O=C(C=Cc1ccc2c(c1)OCO2)OCCc1cccs1. The Labute approximate surface area is 126 Å². The Morgan fingerprint density at radius 3 is 3.05 bits per heavy atom. The molecule has 2 aromatic rings. The summed E-state index contributed by atoms with van der Waals surface area (Å²) < 4.78 is 15.7. The Morgan fingerprint density at radius 1 is 1.29 bits per heavy atom. The Balaban J connectivity index is 1.50. The average Bonchev–Trinajstić information content (AvgIpc) is 3.15. The van der Waals surface area contributed by atoms with Gasteiger partial charge < -0.3 is 14.2 Å². The molecule has 0 saturated carbocycles. The lowest BCUT2D eigenvalue weighted by atomic mass is 10.2. The highest BCUT2D eigenvalue weighted by atomic mass is 32.1. The molecule has 0 unspecified atom stereocenters. The van der Waals surface area contributed by atoms with Crippen molar-refractivity contribution in [1.82, 2.24) is 0 Å². The number of benzene rings is 1. The van der Waals surface area contributed by atoms with Gasteiger partial charge in [-0.2, -0.15) is 0 Å². The van der Waals surface area contributed by atoms with Gasteiger partial charge in [0.1, 0.15) is 0 Å². The minimum atomic E-state index is -0.343. The van der Waals surface area contributed by atoms with Crippen LogP contribution in [0.5, 0.6) is 11.5 Å². The topological polar surface area (TPSA) is 44.8 Å². The van der Waals surface area contributed by atoms with Crippen molar-refractivity contribution in [3.05, 3.63) is 52.2 Å². The molecule has 1 aliphatic rings. The van der Waals surface area contributed by atoms with Gasteiger partial charge in [0.25, 0.3) is 0 Å². The molecule has 0 aliphatic carbocycles. The first-order valence-electron chi connectivity index (χ1n) is 6.58. The molecular weight excluding hydrogens is 288 g/mol. The molecule has 0 atom stereocenters. The summed E-state index contributed by atoms with van der Waals surface area (Å²) in [6, 6.07) is 9.53. The largest absolute Gasteiger partial charge is 0.462 e. The predicted molar refractivity (Wildman–Crippen MR) is 80.6 cm³/mol. The summed E-state index contributed by atoms with van der Waals surface area (Å²) in [6.07, 6.45) is 3.88. The summed E-state index contributed by atoms with van der Waals surface area (Å²) >= 11 is 1.66. The highest BCUT2D eigenvalue weighted by molar-refractivity contribution is 7.09. The number of esters is 1. The first-order valence-corrected chi connectivity index (χ1v) is 7.46. The fraction of sp³-hybridized carbons (Fsp3) is 0.188. The van der Waals surface area contributed by atoms with E-state index in [0.29, 0.717) is 12.4 Å². The van der Waals surface area contributed by atoms with Crippen LogP contribution in [0.25, 0.3) is 6.08 Å². The van der Waals surface area contributed by atoms with Gasteiger partial charge in [0, 0.05) is 17.4 Å². The maximum atomic E-state index is 11.6. The normalized spacial score (nSPS) is 12.8. The molecule has 0 amide bonds. The molecule has 2 heterocycles. The van der Waals surface area contributed by atoms with E-state index < -0.39 is 0 Å². The zero-order valence-corrected chi connectivity index (χ0v) is 12.1. The fourth-order valence-electron chi connectivity index (χ4n) is 1.94. The molecule has 0 radical (unpaired) electrons. The zero-order chi connectivity index (χ0) is 14.5. The van der Waals surface area contributed by atoms with E-state index in [-0.39, 0.29) is 12.8 Å². The Kier molecular flexibility index (Phi) is 4.21. The first-order chi connectivity index (χ1) is 10.3. The monoisotopic (exact) mass is 302 g/mol. The van der Waals surface area contributed by atoms with Gasteiger partial charge in [0.2, 0.25) is 6.79 Å². The number of hydrogen-bond donors (Lipinski definition) is 0. The zero-order valence-electron chi connectivity index (χ0n) is 11.3. The van der Waals surface area contributed by atoms with Gasteiger partial charge in [0.05, 0.1) is 6.61 Å². The van der Waals surface area contributed by atoms with Crippen LogP contribution < -0.4 is 9.47 Å². The van der Waals surface area contributed by atoms with E-state index in [9.17, 15) is 4.79 Å². The number of hydrogen-bond acceptors (Lipinski definition) is 5. The molecule has 0 fully saturated rings. The summed E-state index contributed by atoms with van der Waals surface area (Å²) in [4.78, 5) is 12.8.